The minimum absolute atomic E-state index is 0.350. The van der Waals surface area contributed by atoms with Gasteiger partial charge in [0.25, 0.3) is 0 Å². The van der Waals surface area contributed by atoms with Crippen molar-refractivity contribution in [3.05, 3.63) is 0 Å². The van der Waals surface area contributed by atoms with E-state index in [1.807, 2.05) is 0 Å². The molecule has 0 radical (unpaired) electrons. The summed E-state index contributed by atoms with van der Waals surface area (Å²) in [5, 5.41) is 8.74. The monoisotopic (exact) mass is 136 g/mol. The average Bonchev–Trinajstić information content (AvgIpc) is 2.44. The zero-order valence-electron chi connectivity index (χ0n) is 6.08. The largest absolute Gasteiger partial charge is 0.299 e. The highest BCUT2D eigenvalue weighted by Gasteiger charge is 2.36. The Hall–Kier alpha value is -0.550. The van der Waals surface area contributed by atoms with Crippen LogP contribution in [0.2, 0.25) is 0 Å². The van der Waals surface area contributed by atoms with Gasteiger partial charge in [-0.1, -0.05) is 0 Å². The lowest BCUT2D eigenvalue weighted by Crippen LogP contribution is -2.25. The maximum absolute atomic E-state index is 8.74. The minimum Gasteiger partial charge on any atom is -0.299 e. The number of hydrogen-bond acceptors (Lipinski definition) is 2. The van der Waals surface area contributed by atoms with Gasteiger partial charge in [-0.05, 0) is 32.4 Å². The van der Waals surface area contributed by atoms with Crippen molar-refractivity contribution >= 4 is 0 Å². The van der Waals surface area contributed by atoms with E-state index in [1.54, 1.807) is 0 Å². The average molecular weight is 136 g/mol. The van der Waals surface area contributed by atoms with E-state index in [2.05, 4.69) is 11.0 Å². The quantitative estimate of drug-likeness (QED) is 0.496. The van der Waals surface area contributed by atoms with Crippen molar-refractivity contribution in [2.75, 3.05) is 13.1 Å². The summed E-state index contributed by atoms with van der Waals surface area (Å²) in [6.45, 7) is 2.41. The second-order valence-corrected chi connectivity index (χ2v) is 3.27. The number of fused-ring (bicyclic) bond motifs is 1. The summed E-state index contributed by atoms with van der Waals surface area (Å²) in [5.41, 5.74) is 0. The first-order chi connectivity index (χ1) is 4.92. The standard InChI is InChI=1S/C8H12N2/c9-6-7-3-5-10-4-1-2-8(7)10/h7-8H,1-5H2. The van der Waals surface area contributed by atoms with Crippen molar-refractivity contribution in [3.63, 3.8) is 0 Å². The van der Waals surface area contributed by atoms with Crippen molar-refractivity contribution in [2.24, 2.45) is 5.92 Å². The number of hydrogen-bond donors (Lipinski definition) is 0. The van der Waals surface area contributed by atoms with E-state index in [-0.39, 0.29) is 0 Å². The third-order valence-corrected chi connectivity index (χ3v) is 2.77. The SMILES string of the molecule is N#CC1CCN2CCCC12. The smallest absolute Gasteiger partial charge is 0.0672 e. The molecule has 0 spiro atoms. The van der Waals surface area contributed by atoms with Crippen molar-refractivity contribution in [2.45, 2.75) is 25.3 Å². The van der Waals surface area contributed by atoms with Crippen LogP contribution in [0.1, 0.15) is 19.3 Å². The highest BCUT2D eigenvalue weighted by molar-refractivity contribution is 5.00. The molecule has 0 aromatic heterocycles. The molecule has 0 amide bonds. The summed E-state index contributed by atoms with van der Waals surface area (Å²) in [6.07, 6.45) is 3.68. The molecule has 54 valence electrons. The van der Waals surface area contributed by atoms with Gasteiger partial charge in [-0.3, -0.25) is 4.90 Å². The summed E-state index contributed by atoms with van der Waals surface area (Å²) in [5.74, 6) is 0.350. The molecular formula is C8H12N2. The molecule has 0 aromatic carbocycles. The molecule has 2 saturated heterocycles. The predicted octanol–water partition coefficient (Wildman–Crippen LogP) is 0.994. The molecule has 2 heterocycles. The lowest BCUT2D eigenvalue weighted by Gasteiger charge is -2.14. The van der Waals surface area contributed by atoms with Gasteiger partial charge in [-0.25, -0.2) is 0 Å². The van der Waals surface area contributed by atoms with Crippen LogP contribution in [-0.2, 0) is 0 Å². The Kier molecular flexibility index (Phi) is 1.39. The molecule has 0 aliphatic carbocycles. The lowest BCUT2D eigenvalue weighted by molar-refractivity contribution is 0.309. The van der Waals surface area contributed by atoms with Crippen molar-refractivity contribution in [1.82, 2.24) is 4.90 Å². The van der Waals surface area contributed by atoms with Gasteiger partial charge in [0.15, 0.2) is 0 Å². The van der Waals surface area contributed by atoms with E-state index in [1.165, 1.54) is 25.9 Å². The summed E-state index contributed by atoms with van der Waals surface area (Å²) < 4.78 is 0. The van der Waals surface area contributed by atoms with Gasteiger partial charge < -0.3 is 0 Å². The zero-order chi connectivity index (χ0) is 6.97. The van der Waals surface area contributed by atoms with Gasteiger partial charge in [0.1, 0.15) is 0 Å². The van der Waals surface area contributed by atoms with Crippen LogP contribution in [0, 0.1) is 17.2 Å². The van der Waals surface area contributed by atoms with Crippen LogP contribution in [0.3, 0.4) is 0 Å². The third-order valence-electron chi connectivity index (χ3n) is 2.77. The van der Waals surface area contributed by atoms with Crippen LogP contribution in [-0.4, -0.2) is 24.0 Å². The molecule has 2 aliphatic rings. The number of rotatable bonds is 0. The molecule has 2 aliphatic heterocycles. The fourth-order valence-corrected chi connectivity index (χ4v) is 2.23. The Morgan fingerprint density at radius 3 is 3.00 bits per heavy atom. The van der Waals surface area contributed by atoms with Crippen LogP contribution in [0.25, 0.3) is 0 Å². The van der Waals surface area contributed by atoms with Gasteiger partial charge >= 0.3 is 0 Å². The maximum Gasteiger partial charge on any atom is 0.0672 e. The van der Waals surface area contributed by atoms with Crippen LogP contribution in [0.5, 0.6) is 0 Å². The molecule has 2 unspecified atom stereocenters. The van der Waals surface area contributed by atoms with E-state index in [0.29, 0.717) is 12.0 Å². The van der Waals surface area contributed by atoms with E-state index in [0.717, 1.165) is 6.42 Å². The molecule has 0 saturated carbocycles. The first-order valence-corrected chi connectivity index (χ1v) is 4.05. The van der Waals surface area contributed by atoms with Crippen molar-refractivity contribution in [1.29, 1.82) is 5.26 Å². The maximum atomic E-state index is 8.74. The van der Waals surface area contributed by atoms with E-state index >= 15 is 0 Å². The minimum atomic E-state index is 0.350. The van der Waals surface area contributed by atoms with Crippen molar-refractivity contribution in [3.8, 4) is 6.07 Å². The molecule has 2 atom stereocenters. The molecule has 2 rings (SSSR count). The summed E-state index contributed by atoms with van der Waals surface area (Å²) in [7, 11) is 0. The number of nitrogens with zero attached hydrogens (tertiary/aromatic N) is 2. The fourth-order valence-electron chi connectivity index (χ4n) is 2.23. The van der Waals surface area contributed by atoms with Gasteiger partial charge in [-0.15, -0.1) is 0 Å². The Bertz CT molecular complexity index is 171. The first kappa shape index (κ1) is 6.18. The normalized spacial score (nSPS) is 39.5. The topological polar surface area (TPSA) is 27.0 Å². The Balaban J connectivity index is 2.10. The summed E-state index contributed by atoms with van der Waals surface area (Å²) in [4.78, 5) is 2.47. The van der Waals surface area contributed by atoms with Crippen molar-refractivity contribution < 1.29 is 0 Å². The van der Waals surface area contributed by atoms with E-state index in [9.17, 15) is 0 Å². The van der Waals surface area contributed by atoms with Gasteiger partial charge in [0.2, 0.25) is 0 Å². The van der Waals surface area contributed by atoms with Gasteiger partial charge in [0, 0.05) is 6.04 Å². The third kappa shape index (κ3) is 0.741. The van der Waals surface area contributed by atoms with E-state index < -0.39 is 0 Å². The molecule has 2 nitrogen and oxygen atoms in total. The Morgan fingerprint density at radius 2 is 2.20 bits per heavy atom. The number of nitriles is 1. The lowest BCUT2D eigenvalue weighted by atomic mass is 10.0. The van der Waals surface area contributed by atoms with Crippen LogP contribution >= 0.6 is 0 Å². The molecule has 0 aromatic rings. The Labute approximate surface area is 61.4 Å². The van der Waals surface area contributed by atoms with E-state index in [4.69, 9.17) is 5.26 Å². The molecule has 0 bridgehead atoms. The zero-order valence-corrected chi connectivity index (χ0v) is 6.08. The fraction of sp³-hybridized carbons (Fsp3) is 0.875. The highest BCUT2D eigenvalue weighted by Crippen LogP contribution is 2.31. The highest BCUT2D eigenvalue weighted by atomic mass is 15.2. The Morgan fingerprint density at radius 1 is 1.30 bits per heavy atom. The summed E-state index contributed by atoms with van der Waals surface area (Å²) >= 11 is 0. The van der Waals surface area contributed by atoms with Crippen LogP contribution < -0.4 is 0 Å². The molecule has 2 heteroatoms. The summed E-state index contributed by atoms with van der Waals surface area (Å²) in [6, 6.07) is 3.02. The second kappa shape index (κ2) is 2.25. The molecule has 10 heavy (non-hydrogen) atoms. The second-order valence-electron chi connectivity index (χ2n) is 3.27. The van der Waals surface area contributed by atoms with Crippen LogP contribution in [0.15, 0.2) is 0 Å². The van der Waals surface area contributed by atoms with Crippen LogP contribution in [0.4, 0.5) is 0 Å². The first-order valence-electron chi connectivity index (χ1n) is 4.05. The molecular weight excluding hydrogens is 124 g/mol. The predicted molar refractivity (Wildman–Crippen MR) is 38.3 cm³/mol. The van der Waals surface area contributed by atoms with Gasteiger partial charge in [0.05, 0.1) is 12.0 Å². The van der Waals surface area contributed by atoms with Gasteiger partial charge in [-0.2, -0.15) is 5.26 Å². The molecule has 2 fully saturated rings. The molecule has 0 N–H and O–H groups in total.